The molecule has 1 aromatic carbocycles. The van der Waals surface area contributed by atoms with E-state index in [0.717, 1.165) is 11.9 Å². The quantitative estimate of drug-likeness (QED) is 0.368. The molecule has 1 aliphatic carbocycles. The number of aromatic nitrogens is 4. The van der Waals surface area contributed by atoms with Gasteiger partial charge in [0.2, 0.25) is 23.6 Å². The molecule has 2 saturated heterocycles. The summed E-state index contributed by atoms with van der Waals surface area (Å²) in [5.74, 6) is 1.85. The monoisotopic (exact) mass is 532 g/mol. The zero-order chi connectivity index (χ0) is 26.1. The third-order valence-corrected chi connectivity index (χ3v) is 9.26. The number of para-hydroxylation sites is 2. The Labute approximate surface area is 223 Å². The summed E-state index contributed by atoms with van der Waals surface area (Å²) in [6.45, 7) is 6.59. The molecule has 0 radical (unpaired) electrons. The van der Waals surface area contributed by atoms with E-state index in [4.69, 9.17) is 8.83 Å². The predicted molar refractivity (Wildman–Crippen MR) is 137 cm³/mol. The van der Waals surface area contributed by atoms with E-state index in [0.29, 0.717) is 66.7 Å². The number of oxazole rings is 1. The van der Waals surface area contributed by atoms with Gasteiger partial charge in [-0.1, -0.05) is 26.0 Å². The molecule has 0 bridgehead atoms. The third kappa shape index (κ3) is 4.00. The standard InChI is InChI=1S/C27H28N6O4S/c1-26(2)9-16(26)7-23(34)33-13-27(14-33)12-32(25(35)20-10-28-15-38-20)11-17(27)24-31-30-22(37-24)8-21-29-18-5-3-4-6-19(18)36-21/h3-6,10,15-17H,7-9,11-14H2,1-2H3/t16-,17?/m0/s1. The van der Waals surface area contributed by atoms with Gasteiger partial charge in [-0.3, -0.25) is 14.6 Å². The van der Waals surface area contributed by atoms with Gasteiger partial charge in [-0.15, -0.1) is 21.5 Å². The zero-order valence-corrected chi connectivity index (χ0v) is 22.1. The van der Waals surface area contributed by atoms with Gasteiger partial charge in [0.15, 0.2) is 5.58 Å². The summed E-state index contributed by atoms with van der Waals surface area (Å²) in [6.07, 6.45) is 3.58. The van der Waals surface area contributed by atoms with Crippen LogP contribution in [0.15, 0.2) is 44.8 Å². The van der Waals surface area contributed by atoms with Crippen molar-refractivity contribution < 1.29 is 18.4 Å². The van der Waals surface area contributed by atoms with Gasteiger partial charge in [0.05, 0.1) is 17.6 Å². The topological polar surface area (TPSA) is 118 Å². The lowest BCUT2D eigenvalue weighted by molar-refractivity contribution is -0.144. The number of fused-ring (bicyclic) bond motifs is 1. The Hall–Kier alpha value is -3.60. The average Bonchev–Trinajstić information content (AvgIpc) is 3.50. The number of carbonyl (C=O) groups excluding carboxylic acids is 2. The molecule has 3 aliphatic rings. The predicted octanol–water partition coefficient (Wildman–Crippen LogP) is 3.76. The highest BCUT2D eigenvalue weighted by Crippen LogP contribution is 2.55. The summed E-state index contributed by atoms with van der Waals surface area (Å²) in [4.78, 5) is 39.2. The van der Waals surface area contributed by atoms with Crippen LogP contribution in [0, 0.1) is 16.7 Å². The van der Waals surface area contributed by atoms with Crippen LogP contribution in [0.5, 0.6) is 0 Å². The van der Waals surface area contributed by atoms with Crippen LogP contribution in [0.1, 0.15) is 60.0 Å². The minimum atomic E-state index is -0.309. The highest BCUT2D eigenvalue weighted by atomic mass is 32.1. The molecule has 11 heteroatoms. The summed E-state index contributed by atoms with van der Waals surface area (Å²) in [7, 11) is 0. The molecule has 2 amide bonds. The Balaban J connectivity index is 1.11. The van der Waals surface area contributed by atoms with Crippen molar-refractivity contribution in [1.29, 1.82) is 0 Å². The van der Waals surface area contributed by atoms with E-state index in [1.165, 1.54) is 11.3 Å². The molecular formula is C27H28N6O4S. The maximum Gasteiger partial charge on any atom is 0.265 e. The van der Waals surface area contributed by atoms with E-state index >= 15 is 0 Å². The number of hydrogen-bond donors (Lipinski definition) is 0. The van der Waals surface area contributed by atoms with E-state index in [-0.39, 0.29) is 35.0 Å². The molecule has 0 N–H and O–H groups in total. The Bertz CT molecular complexity index is 1490. The van der Waals surface area contributed by atoms with Gasteiger partial charge in [0.25, 0.3) is 5.91 Å². The highest BCUT2D eigenvalue weighted by molar-refractivity contribution is 7.11. The first-order valence-electron chi connectivity index (χ1n) is 12.9. The number of rotatable bonds is 6. The van der Waals surface area contributed by atoms with Crippen LogP contribution in [-0.2, 0) is 11.2 Å². The van der Waals surface area contributed by atoms with Crippen molar-refractivity contribution in [1.82, 2.24) is 30.0 Å². The fraction of sp³-hybridized carbons (Fsp3) is 0.481. The lowest BCUT2D eigenvalue weighted by Gasteiger charge is -2.50. The van der Waals surface area contributed by atoms with Crippen LogP contribution in [0.4, 0.5) is 0 Å². The summed E-state index contributed by atoms with van der Waals surface area (Å²) in [6, 6.07) is 7.58. The number of nitrogens with zero attached hydrogens (tertiary/aromatic N) is 6. The van der Waals surface area contributed by atoms with Crippen LogP contribution in [0.3, 0.4) is 0 Å². The van der Waals surface area contributed by atoms with E-state index in [9.17, 15) is 9.59 Å². The number of benzene rings is 1. The second-order valence-corrected chi connectivity index (χ2v) is 12.5. The molecule has 7 rings (SSSR count). The second kappa shape index (κ2) is 8.45. The van der Waals surface area contributed by atoms with E-state index in [1.807, 2.05) is 34.1 Å². The first-order valence-corrected chi connectivity index (χ1v) is 13.8. The number of hydrogen-bond acceptors (Lipinski definition) is 9. The smallest absolute Gasteiger partial charge is 0.265 e. The van der Waals surface area contributed by atoms with Gasteiger partial charge in [0, 0.05) is 38.0 Å². The van der Waals surface area contributed by atoms with E-state index in [2.05, 4.69) is 34.0 Å². The van der Waals surface area contributed by atoms with Crippen molar-refractivity contribution in [3.63, 3.8) is 0 Å². The Kier molecular flexibility index (Phi) is 5.23. The Morgan fingerprint density at radius 1 is 1.08 bits per heavy atom. The normalized spacial score (nSPS) is 23.2. The first kappa shape index (κ1) is 23.5. The molecule has 2 atom stereocenters. The van der Waals surface area contributed by atoms with Gasteiger partial charge < -0.3 is 18.6 Å². The Morgan fingerprint density at radius 3 is 2.61 bits per heavy atom. The van der Waals surface area contributed by atoms with E-state index < -0.39 is 0 Å². The number of amides is 2. The van der Waals surface area contributed by atoms with Gasteiger partial charge in [0.1, 0.15) is 16.8 Å². The first-order chi connectivity index (χ1) is 18.3. The van der Waals surface area contributed by atoms with E-state index in [1.54, 1.807) is 11.7 Å². The molecule has 10 nitrogen and oxygen atoms in total. The maximum atomic E-state index is 13.2. The van der Waals surface area contributed by atoms with Crippen molar-refractivity contribution in [2.24, 2.45) is 16.7 Å². The van der Waals surface area contributed by atoms with Gasteiger partial charge in [-0.2, -0.15) is 0 Å². The molecule has 2 aliphatic heterocycles. The van der Waals surface area contributed by atoms with Crippen LogP contribution in [-0.4, -0.2) is 68.0 Å². The average molecular weight is 533 g/mol. The number of likely N-dealkylation sites (tertiary alicyclic amines) is 2. The summed E-state index contributed by atoms with van der Waals surface area (Å²) < 4.78 is 12.0. The van der Waals surface area contributed by atoms with Crippen LogP contribution in [0.2, 0.25) is 0 Å². The minimum absolute atomic E-state index is 0.0508. The zero-order valence-electron chi connectivity index (χ0n) is 21.3. The molecule has 5 heterocycles. The van der Waals surface area contributed by atoms with Gasteiger partial charge in [-0.25, -0.2) is 4.98 Å². The molecular weight excluding hydrogens is 504 g/mol. The third-order valence-electron chi connectivity index (χ3n) is 8.50. The van der Waals surface area contributed by atoms with Gasteiger partial charge in [-0.05, 0) is 29.9 Å². The number of thiazole rings is 1. The van der Waals surface area contributed by atoms with Crippen molar-refractivity contribution >= 4 is 34.3 Å². The molecule has 3 fully saturated rings. The molecule has 196 valence electrons. The van der Waals surface area contributed by atoms with Crippen molar-refractivity contribution in [2.75, 3.05) is 26.2 Å². The molecule has 1 saturated carbocycles. The minimum Gasteiger partial charge on any atom is -0.440 e. The van der Waals surface area contributed by atoms with Crippen LogP contribution in [0.25, 0.3) is 11.1 Å². The second-order valence-electron chi connectivity index (χ2n) is 11.6. The van der Waals surface area contributed by atoms with Crippen molar-refractivity contribution in [3.05, 3.63) is 58.5 Å². The lowest BCUT2D eigenvalue weighted by Crippen LogP contribution is -2.61. The lowest BCUT2D eigenvalue weighted by atomic mass is 9.71. The van der Waals surface area contributed by atoms with Crippen LogP contribution < -0.4 is 0 Å². The van der Waals surface area contributed by atoms with Crippen molar-refractivity contribution in [2.45, 2.75) is 39.0 Å². The highest BCUT2D eigenvalue weighted by Gasteiger charge is 2.59. The van der Waals surface area contributed by atoms with Gasteiger partial charge >= 0.3 is 0 Å². The molecule has 4 aromatic rings. The fourth-order valence-electron chi connectivity index (χ4n) is 6.02. The summed E-state index contributed by atoms with van der Waals surface area (Å²) >= 11 is 1.33. The summed E-state index contributed by atoms with van der Waals surface area (Å²) in [5.41, 5.74) is 3.11. The SMILES string of the molecule is CC1(C)C[C@@H]1CC(=O)N1CC2(C1)CN(C(=O)c1cncs1)CC2c1nnc(Cc2nc3ccccc3o2)o1. The van der Waals surface area contributed by atoms with Crippen LogP contribution >= 0.6 is 11.3 Å². The molecule has 1 unspecified atom stereocenters. The summed E-state index contributed by atoms with van der Waals surface area (Å²) in [5, 5.41) is 8.67. The van der Waals surface area contributed by atoms with Crippen molar-refractivity contribution in [3.8, 4) is 0 Å². The molecule has 3 aromatic heterocycles. The number of carbonyl (C=O) groups is 2. The maximum absolute atomic E-state index is 13.2. The Morgan fingerprint density at radius 2 is 1.87 bits per heavy atom. The molecule has 38 heavy (non-hydrogen) atoms. The largest absolute Gasteiger partial charge is 0.440 e. The molecule has 1 spiro atoms. The fourth-order valence-corrected chi connectivity index (χ4v) is 6.61.